The predicted octanol–water partition coefficient (Wildman–Crippen LogP) is -1.57. The van der Waals surface area contributed by atoms with E-state index in [0.29, 0.717) is 6.42 Å². The van der Waals surface area contributed by atoms with Crippen molar-refractivity contribution >= 4 is 44.2 Å². The number of aliphatic carboxylic acids is 1. The van der Waals surface area contributed by atoms with E-state index >= 15 is 0 Å². The van der Waals surface area contributed by atoms with Gasteiger partial charge in [-0.05, 0) is 0 Å². The molecule has 3 nitrogen and oxygen atoms in total. The van der Waals surface area contributed by atoms with Crippen molar-refractivity contribution in [3.63, 3.8) is 0 Å². The van der Waals surface area contributed by atoms with E-state index < -0.39 is 5.97 Å². The van der Waals surface area contributed by atoms with Crippen LogP contribution in [0.1, 0.15) is 12.8 Å². The SMILES string of the molecule is O=C(O)CCC([AsH2])C(=O)[AsH2]. The molecule has 1 N–H and O–H groups in total. The number of carboxylic acids is 1. The predicted molar refractivity (Wildman–Crippen MR) is 42.7 cm³/mol. The zero-order valence-electron chi connectivity index (χ0n) is 5.41. The van der Waals surface area contributed by atoms with Crippen LogP contribution in [0.25, 0.3) is 0 Å². The summed E-state index contributed by atoms with van der Waals surface area (Å²) in [5.74, 6) is -0.823. The molecule has 0 aromatic heterocycles. The molecule has 0 aromatic rings. The Morgan fingerprint density at radius 1 is 1.50 bits per heavy atom. The number of carboxylic acid groups (broad SMARTS) is 1. The molecule has 0 aliphatic rings. The van der Waals surface area contributed by atoms with Crippen LogP contribution in [0.2, 0.25) is 4.71 Å². The van der Waals surface area contributed by atoms with E-state index in [0.717, 1.165) is 16.9 Å². The molecule has 0 aliphatic heterocycles. The van der Waals surface area contributed by atoms with E-state index in [-0.39, 0.29) is 15.7 Å². The van der Waals surface area contributed by atoms with Gasteiger partial charge in [0, 0.05) is 0 Å². The van der Waals surface area contributed by atoms with Gasteiger partial charge in [0.2, 0.25) is 0 Å². The van der Waals surface area contributed by atoms with Crippen molar-refractivity contribution in [2.75, 3.05) is 0 Å². The summed E-state index contributed by atoms with van der Waals surface area (Å²) >= 11 is 2.39. The third kappa shape index (κ3) is 5.07. The Balaban J connectivity index is 3.49. The second-order valence-electron chi connectivity index (χ2n) is 1.94. The second kappa shape index (κ2) is 4.98. The molecule has 0 amide bonds. The van der Waals surface area contributed by atoms with E-state index in [4.69, 9.17) is 5.11 Å². The molecule has 0 aliphatic carbocycles. The number of carbonyl (C=O) groups is 2. The van der Waals surface area contributed by atoms with Crippen molar-refractivity contribution < 1.29 is 14.7 Å². The van der Waals surface area contributed by atoms with Gasteiger partial charge in [-0.2, -0.15) is 0 Å². The third-order valence-corrected chi connectivity index (χ3v) is 5.02. The summed E-state index contributed by atoms with van der Waals surface area (Å²) < 4.78 is 0.123. The van der Waals surface area contributed by atoms with Crippen LogP contribution in [0, 0.1) is 0 Å². The van der Waals surface area contributed by atoms with Crippen LogP contribution in [0.15, 0.2) is 0 Å². The summed E-state index contributed by atoms with van der Waals surface area (Å²) in [5, 5.41) is 8.24. The van der Waals surface area contributed by atoms with E-state index in [1.165, 1.54) is 16.9 Å². The normalized spacial score (nSPS) is 12.6. The maximum atomic E-state index is 10.6. The average molecular weight is 268 g/mol. The van der Waals surface area contributed by atoms with E-state index in [9.17, 15) is 9.59 Å². The second-order valence-corrected chi connectivity index (χ2v) is 4.82. The molecule has 3 atom stereocenters. The van der Waals surface area contributed by atoms with Crippen LogP contribution in [-0.4, -0.2) is 49.4 Å². The summed E-state index contributed by atoms with van der Waals surface area (Å²) in [6.07, 6.45) is 0.602. The van der Waals surface area contributed by atoms with Gasteiger partial charge >= 0.3 is 76.5 Å². The first-order valence-corrected chi connectivity index (χ1v) is 5.41. The Kier molecular flexibility index (Phi) is 5.11. The molecule has 0 fully saturated rings. The molecular weight excluding hydrogens is 258 g/mol. The van der Waals surface area contributed by atoms with Crippen molar-refractivity contribution in [3.05, 3.63) is 0 Å². The molecule has 0 saturated heterocycles. The Hall–Kier alpha value is 0.257. The van der Waals surface area contributed by atoms with Crippen LogP contribution < -0.4 is 0 Å². The topological polar surface area (TPSA) is 54.4 Å². The molecule has 10 heavy (non-hydrogen) atoms. The number of rotatable bonds is 4. The molecule has 0 aromatic carbocycles. The van der Waals surface area contributed by atoms with Gasteiger partial charge in [0.25, 0.3) is 0 Å². The van der Waals surface area contributed by atoms with E-state index in [2.05, 4.69) is 0 Å². The zero-order chi connectivity index (χ0) is 8.15. The molecular formula is C5H10As2O3. The van der Waals surface area contributed by atoms with Gasteiger partial charge in [-0.1, -0.05) is 0 Å². The van der Waals surface area contributed by atoms with Crippen molar-refractivity contribution in [2.45, 2.75) is 17.5 Å². The Morgan fingerprint density at radius 3 is 2.30 bits per heavy atom. The van der Waals surface area contributed by atoms with Crippen LogP contribution in [0.3, 0.4) is 0 Å². The first-order valence-electron chi connectivity index (χ1n) is 2.80. The number of carbonyl (C=O) groups excluding carboxylic acids is 1. The first kappa shape index (κ1) is 10.3. The summed E-state index contributed by atoms with van der Waals surface area (Å²) in [6.45, 7) is 0. The fourth-order valence-corrected chi connectivity index (χ4v) is 1.12. The number of hydrogen-bond acceptors (Lipinski definition) is 2. The minimum absolute atomic E-state index is 0.0244. The molecule has 58 valence electrons. The summed E-state index contributed by atoms with van der Waals surface area (Å²) in [4.78, 5) is 20.6. The fraction of sp³-hybridized carbons (Fsp3) is 0.600. The molecule has 0 rings (SSSR count). The van der Waals surface area contributed by atoms with Crippen LogP contribution in [-0.2, 0) is 9.59 Å². The number of hydrogen-bond donors (Lipinski definition) is 1. The molecule has 0 bridgehead atoms. The van der Waals surface area contributed by atoms with Gasteiger partial charge in [-0.15, -0.1) is 0 Å². The monoisotopic (exact) mass is 268 g/mol. The van der Waals surface area contributed by atoms with Crippen LogP contribution in [0.5, 0.6) is 0 Å². The average Bonchev–Trinajstić information content (AvgIpc) is 1.82. The zero-order valence-corrected chi connectivity index (χ0v) is 10.3. The third-order valence-electron chi connectivity index (χ3n) is 1.03. The van der Waals surface area contributed by atoms with Crippen LogP contribution in [0.4, 0.5) is 0 Å². The molecule has 5 heteroatoms. The van der Waals surface area contributed by atoms with Gasteiger partial charge in [0.05, 0.1) is 0 Å². The van der Waals surface area contributed by atoms with Gasteiger partial charge in [0.1, 0.15) is 0 Å². The summed E-state index contributed by atoms with van der Waals surface area (Å²) in [5.41, 5.74) is 0. The van der Waals surface area contributed by atoms with Crippen molar-refractivity contribution in [1.29, 1.82) is 0 Å². The summed E-state index contributed by atoms with van der Waals surface area (Å²) in [6, 6.07) is 0. The van der Waals surface area contributed by atoms with Gasteiger partial charge in [-0.3, -0.25) is 0 Å². The fourth-order valence-electron chi connectivity index (χ4n) is 0.421. The molecule has 0 saturated carbocycles. The van der Waals surface area contributed by atoms with Crippen molar-refractivity contribution in [2.24, 2.45) is 0 Å². The minimum atomic E-state index is -0.823. The molecule has 0 heterocycles. The van der Waals surface area contributed by atoms with Crippen molar-refractivity contribution in [3.8, 4) is 0 Å². The standard InChI is InChI=1S/C5H10As2O3/c6-3(5(7)10)1-2-4(8)9/h3H,1-2,6-7H2,(H,8,9). The Morgan fingerprint density at radius 2 is 2.00 bits per heavy atom. The molecule has 3 unspecified atom stereocenters. The first-order chi connectivity index (χ1) is 4.54. The summed E-state index contributed by atoms with van der Waals surface area (Å²) in [7, 11) is 0. The molecule has 0 spiro atoms. The van der Waals surface area contributed by atoms with Crippen LogP contribution >= 0.6 is 0 Å². The van der Waals surface area contributed by atoms with Gasteiger partial charge in [0.15, 0.2) is 0 Å². The molecule has 0 radical (unpaired) electrons. The van der Waals surface area contributed by atoms with E-state index in [1.807, 2.05) is 0 Å². The quantitative estimate of drug-likeness (QED) is 0.627. The van der Waals surface area contributed by atoms with E-state index in [1.54, 1.807) is 0 Å². The van der Waals surface area contributed by atoms with Gasteiger partial charge in [-0.25, -0.2) is 0 Å². The van der Waals surface area contributed by atoms with Crippen molar-refractivity contribution in [1.82, 2.24) is 0 Å². The van der Waals surface area contributed by atoms with Gasteiger partial charge < -0.3 is 0 Å². The Labute approximate surface area is 76.6 Å². The maximum absolute atomic E-state index is 10.6. The Bertz CT molecular complexity index is 146.